The van der Waals surface area contributed by atoms with Crippen LogP contribution in [0.5, 0.6) is 0 Å². The van der Waals surface area contributed by atoms with Gasteiger partial charge in [-0.25, -0.2) is 13.4 Å². The van der Waals surface area contributed by atoms with Crippen LogP contribution < -0.4 is 0 Å². The fraction of sp³-hybridized carbons (Fsp3) is 0.545. The van der Waals surface area contributed by atoms with E-state index in [2.05, 4.69) is 16.5 Å². The Morgan fingerprint density at radius 3 is 3.00 bits per heavy atom. The minimum atomic E-state index is -2.83. The molecule has 2 heterocycles. The van der Waals surface area contributed by atoms with E-state index in [-0.39, 0.29) is 11.8 Å². The second-order valence-electron chi connectivity index (χ2n) is 4.20. The van der Waals surface area contributed by atoms with Crippen LogP contribution in [0.15, 0.2) is 24.2 Å². The molecule has 1 fully saturated rings. The lowest BCUT2D eigenvalue weighted by Crippen LogP contribution is -2.35. The molecule has 4 nitrogen and oxygen atoms in total. The summed E-state index contributed by atoms with van der Waals surface area (Å²) in [6, 6.07) is 0.113. The molecule has 0 amide bonds. The predicted octanol–water partition coefficient (Wildman–Crippen LogP) is 1.32. The standard InChI is InChI=1S/C11H16N2O2S2/c1-2-5-13(8-11-12-4-6-16-11)10-3-7-17(14,15)9-10/h2,4,6,10H,1,3,5,7-9H2/t10-/m0/s1. The molecule has 1 aliphatic heterocycles. The molecule has 0 unspecified atom stereocenters. The van der Waals surface area contributed by atoms with Crippen molar-refractivity contribution >= 4 is 21.2 Å². The van der Waals surface area contributed by atoms with Gasteiger partial charge in [0.25, 0.3) is 0 Å². The smallest absolute Gasteiger partial charge is 0.151 e. The summed E-state index contributed by atoms with van der Waals surface area (Å²) in [5.41, 5.74) is 0. The van der Waals surface area contributed by atoms with Crippen molar-refractivity contribution in [3.05, 3.63) is 29.2 Å². The molecular formula is C11H16N2O2S2. The van der Waals surface area contributed by atoms with Gasteiger partial charge in [0.2, 0.25) is 0 Å². The van der Waals surface area contributed by atoms with Gasteiger partial charge in [0, 0.05) is 24.2 Å². The largest absolute Gasteiger partial charge is 0.289 e. The van der Waals surface area contributed by atoms with Crippen LogP contribution in [0.3, 0.4) is 0 Å². The number of sulfone groups is 1. The lowest BCUT2D eigenvalue weighted by molar-refractivity contribution is 0.226. The lowest BCUT2D eigenvalue weighted by Gasteiger charge is -2.25. The normalized spacial score (nSPS) is 23.0. The van der Waals surface area contributed by atoms with Crippen LogP contribution in [0.2, 0.25) is 0 Å². The molecule has 0 spiro atoms. The summed E-state index contributed by atoms with van der Waals surface area (Å²) >= 11 is 1.60. The average Bonchev–Trinajstić information content (AvgIpc) is 2.87. The highest BCUT2D eigenvalue weighted by atomic mass is 32.2. The van der Waals surface area contributed by atoms with Crippen LogP contribution in [-0.4, -0.2) is 42.4 Å². The Morgan fingerprint density at radius 2 is 2.47 bits per heavy atom. The first-order valence-corrected chi connectivity index (χ1v) is 8.24. The summed E-state index contributed by atoms with van der Waals surface area (Å²) in [5, 5.41) is 2.96. The van der Waals surface area contributed by atoms with Crippen LogP contribution in [0.25, 0.3) is 0 Å². The number of hydrogen-bond donors (Lipinski definition) is 0. The number of hydrogen-bond acceptors (Lipinski definition) is 5. The quantitative estimate of drug-likeness (QED) is 0.759. The maximum atomic E-state index is 11.5. The van der Waals surface area contributed by atoms with Crippen molar-refractivity contribution in [2.45, 2.75) is 19.0 Å². The molecule has 0 aliphatic carbocycles. The molecular weight excluding hydrogens is 256 g/mol. The minimum absolute atomic E-state index is 0.113. The van der Waals surface area contributed by atoms with E-state index in [0.29, 0.717) is 18.8 Å². The molecule has 94 valence electrons. The number of aromatic nitrogens is 1. The second kappa shape index (κ2) is 5.29. The third kappa shape index (κ3) is 3.37. The topological polar surface area (TPSA) is 50.3 Å². The van der Waals surface area contributed by atoms with Crippen LogP contribution >= 0.6 is 11.3 Å². The first kappa shape index (κ1) is 12.7. The number of thiazole rings is 1. The van der Waals surface area contributed by atoms with Gasteiger partial charge in [-0.3, -0.25) is 4.90 Å². The molecule has 0 aromatic carbocycles. The van der Waals surface area contributed by atoms with E-state index < -0.39 is 9.84 Å². The minimum Gasteiger partial charge on any atom is -0.289 e. The van der Waals surface area contributed by atoms with Gasteiger partial charge in [-0.1, -0.05) is 6.08 Å². The van der Waals surface area contributed by atoms with Crippen molar-refractivity contribution < 1.29 is 8.42 Å². The van der Waals surface area contributed by atoms with Crippen molar-refractivity contribution in [3.8, 4) is 0 Å². The van der Waals surface area contributed by atoms with Crippen molar-refractivity contribution in [2.75, 3.05) is 18.1 Å². The van der Waals surface area contributed by atoms with Gasteiger partial charge < -0.3 is 0 Å². The van der Waals surface area contributed by atoms with Gasteiger partial charge in [0.15, 0.2) is 9.84 Å². The molecule has 1 aliphatic rings. The van der Waals surface area contributed by atoms with E-state index in [1.807, 2.05) is 11.5 Å². The molecule has 6 heteroatoms. The maximum absolute atomic E-state index is 11.5. The van der Waals surface area contributed by atoms with Crippen molar-refractivity contribution in [1.29, 1.82) is 0 Å². The number of nitrogens with zero attached hydrogens (tertiary/aromatic N) is 2. The highest BCUT2D eigenvalue weighted by molar-refractivity contribution is 7.91. The third-order valence-electron chi connectivity index (χ3n) is 2.91. The summed E-state index contributed by atoms with van der Waals surface area (Å²) in [4.78, 5) is 6.39. The summed E-state index contributed by atoms with van der Waals surface area (Å²) in [5.74, 6) is 0.579. The molecule has 0 radical (unpaired) electrons. The number of rotatable bonds is 5. The van der Waals surface area contributed by atoms with Crippen molar-refractivity contribution in [3.63, 3.8) is 0 Å². The van der Waals surface area contributed by atoms with Crippen LogP contribution in [0.4, 0.5) is 0 Å². The highest BCUT2D eigenvalue weighted by Gasteiger charge is 2.31. The summed E-state index contributed by atoms with van der Waals surface area (Å²) < 4.78 is 23.0. The third-order valence-corrected chi connectivity index (χ3v) is 5.42. The Kier molecular flexibility index (Phi) is 3.96. The first-order valence-electron chi connectivity index (χ1n) is 5.54. The molecule has 1 aromatic rings. The fourth-order valence-electron chi connectivity index (χ4n) is 2.08. The molecule has 1 aromatic heterocycles. The monoisotopic (exact) mass is 272 g/mol. The Morgan fingerprint density at radius 1 is 1.65 bits per heavy atom. The van der Waals surface area contributed by atoms with Crippen LogP contribution in [-0.2, 0) is 16.4 Å². The van der Waals surface area contributed by atoms with Gasteiger partial charge in [-0.2, -0.15) is 0 Å². The molecule has 17 heavy (non-hydrogen) atoms. The van der Waals surface area contributed by atoms with E-state index in [1.165, 1.54) is 0 Å². The van der Waals surface area contributed by atoms with E-state index in [4.69, 9.17) is 0 Å². The zero-order valence-electron chi connectivity index (χ0n) is 9.58. The van der Waals surface area contributed by atoms with E-state index in [0.717, 1.165) is 11.4 Å². The van der Waals surface area contributed by atoms with Gasteiger partial charge in [-0.15, -0.1) is 17.9 Å². The zero-order chi connectivity index (χ0) is 12.3. The van der Waals surface area contributed by atoms with E-state index in [9.17, 15) is 8.42 Å². The Hall–Kier alpha value is -0.720. The lowest BCUT2D eigenvalue weighted by atomic mass is 10.2. The van der Waals surface area contributed by atoms with Crippen molar-refractivity contribution in [2.24, 2.45) is 0 Å². The Bertz CT molecular complexity index is 468. The van der Waals surface area contributed by atoms with Crippen LogP contribution in [0.1, 0.15) is 11.4 Å². The fourth-order valence-corrected chi connectivity index (χ4v) is 4.48. The molecule has 1 atom stereocenters. The van der Waals surface area contributed by atoms with Crippen LogP contribution in [0, 0.1) is 0 Å². The van der Waals surface area contributed by atoms with Gasteiger partial charge >= 0.3 is 0 Å². The zero-order valence-corrected chi connectivity index (χ0v) is 11.2. The molecule has 2 rings (SSSR count). The first-order chi connectivity index (χ1) is 8.11. The average molecular weight is 272 g/mol. The molecule has 1 saturated heterocycles. The van der Waals surface area contributed by atoms with Gasteiger partial charge in [0.1, 0.15) is 5.01 Å². The SMILES string of the molecule is C=CCN(Cc1nccs1)[C@H]1CCS(=O)(=O)C1. The van der Waals surface area contributed by atoms with E-state index >= 15 is 0 Å². The molecule has 0 N–H and O–H groups in total. The van der Waals surface area contributed by atoms with Gasteiger partial charge in [0.05, 0.1) is 18.1 Å². The van der Waals surface area contributed by atoms with Gasteiger partial charge in [-0.05, 0) is 6.42 Å². The van der Waals surface area contributed by atoms with E-state index in [1.54, 1.807) is 17.5 Å². The second-order valence-corrected chi connectivity index (χ2v) is 7.41. The highest BCUT2D eigenvalue weighted by Crippen LogP contribution is 2.20. The molecule has 0 saturated carbocycles. The summed E-state index contributed by atoms with van der Waals surface area (Å²) in [6.45, 7) is 5.15. The van der Waals surface area contributed by atoms with Crippen molar-refractivity contribution in [1.82, 2.24) is 9.88 Å². The maximum Gasteiger partial charge on any atom is 0.151 e. The Labute approximate surface area is 106 Å². The summed E-state index contributed by atoms with van der Waals surface area (Å²) in [6.07, 6.45) is 4.32. The molecule has 0 bridgehead atoms. The predicted molar refractivity (Wildman–Crippen MR) is 69.8 cm³/mol. The Balaban J connectivity index is 2.05. The summed E-state index contributed by atoms with van der Waals surface area (Å²) in [7, 11) is -2.83.